The van der Waals surface area contributed by atoms with Crippen molar-refractivity contribution in [1.29, 1.82) is 0 Å². The minimum atomic E-state index is 0.569. The summed E-state index contributed by atoms with van der Waals surface area (Å²) in [7, 11) is 0. The zero-order valence-corrected chi connectivity index (χ0v) is 8.04. The van der Waals surface area contributed by atoms with Gasteiger partial charge in [-0.2, -0.15) is 0 Å². The molecule has 0 amide bonds. The van der Waals surface area contributed by atoms with Gasteiger partial charge in [-0.05, 0) is 19.1 Å². The number of amidine groups is 1. The van der Waals surface area contributed by atoms with Crippen LogP contribution in [0, 0.1) is 0 Å². The summed E-state index contributed by atoms with van der Waals surface area (Å²) in [6, 6.07) is 3.50. The summed E-state index contributed by atoms with van der Waals surface area (Å²) in [6.45, 7) is 2.58. The van der Waals surface area contributed by atoms with Crippen LogP contribution in [0.1, 0.15) is 12.6 Å². The van der Waals surface area contributed by atoms with Gasteiger partial charge in [0.2, 0.25) is 0 Å². The Kier molecular flexibility index (Phi) is 3.67. The Balaban J connectivity index is 2.92. The standard InChI is InChI=1S/C8H11ClN4/c1-2-11-8(13-10)7-4-3-6(9)5-12-7/h3-5H,2,10H2,1H3,(H,11,13). The summed E-state index contributed by atoms with van der Waals surface area (Å²) in [5, 5.41) is 0.594. The molecule has 0 unspecified atom stereocenters. The van der Waals surface area contributed by atoms with Crippen LogP contribution in [0.3, 0.4) is 0 Å². The fraction of sp³-hybridized carbons (Fsp3) is 0.250. The van der Waals surface area contributed by atoms with E-state index >= 15 is 0 Å². The summed E-state index contributed by atoms with van der Waals surface area (Å²) in [5.41, 5.74) is 3.17. The minimum Gasteiger partial charge on any atom is -0.307 e. The Morgan fingerprint density at radius 2 is 2.46 bits per heavy atom. The Bertz CT molecular complexity index is 294. The van der Waals surface area contributed by atoms with Gasteiger partial charge >= 0.3 is 0 Å². The van der Waals surface area contributed by atoms with Crippen LogP contribution in [0.5, 0.6) is 0 Å². The zero-order chi connectivity index (χ0) is 9.68. The summed E-state index contributed by atoms with van der Waals surface area (Å²) < 4.78 is 0. The third kappa shape index (κ3) is 2.68. The second-order valence-electron chi connectivity index (χ2n) is 2.33. The van der Waals surface area contributed by atoms with Crippen LogP contribution in [0.2, 0.25) is 5.02 Å². The summed E-state index contributed by atoms with van der Waals surface area (Å²) in [5.74, 6) is 5.84. The van der Waals surface area contributed by atoms with Crippen molar-refractivity contribution in [2.24, 2.45) is 10.8 Å². The van der Waals surface area contributed by atoms with Crippen LogP contribution in [-0.4, -0.2) is 17.4 Å². The van der Waals surface area contributed by atoms with E-state index in [1.54, 1.807) is 18.3 Å². The topological polar surface area (TPSA) is 63.3 Å². The van der Waals surface area contributed by atoms with Crippen LogP contribution < -0.4 is 11.3 Å². The Morgan fingerprint density at radius 1 is 1.69 bits per heavy atom. The maximum absolute atomic E-state index is 5.68. The van der Waals surface area contributed by atoms with Gasteiger partial charge in [-0.3, -0.25) is 9.98 Å². The van der Waals surface area contributed by atoms with E-state index in [-0.39, 0.29) is 0 Å². The fourth-order valence-corrected chi connectivity index (χ4v) is 0.986. The number of nitrogens with two attached hydrogens (primary N) is 1. The van der Waals surface area contributed by atoms with E-state index in [0.717, 1.165) is 0 Å². The van der Waals surface area contributed by atoms with Crippen LogP contribution in [0.25, 0.3) is 0 Å². The molecular weight excluding hydrogens is 188 g/mol. The molecule has 13 heavy (non-hydrogen) atoms. The first-order valence-corrected chi connectivity index (χ1v) is 4.28. The highest BCUT2D eigenvalue weighted by atomic mass is 35.5. The van der Waals surface area contributed by atoms with Crippen molar-refractivity contribution in [2.75, 3.05) is 6.54 Å². The molecule has 0 aliphatic rings. The molecule has 1 aromatic heterocycles. The highest BCUT2D eigenvalue weighted by Gasteiger charge is 2.01. The summed E-state index contributed by atoms with van der Waals surface area (Å²) in [6.07, 6.45) is 1.55. The van der Waals surface area contributed by atoms with Crippen molar-refractivity contribution in [1.82, 2.24) is 10.4 Å². The minimum absolute atomic E-state index is 0.569. The molecule has 5 heteroatoms. The average Bonchev–Trinajstić information content (AvgIpc) is 2.16. The maximum Gasteiger partial charge on any atom is 0.161 e. The molecule has 0 atom stereocenters. The van der Waals surface area contributed by atoms with Crippen LogP contribution in [0.4, 0.5) is 0 Å². The summed E-state index contributed by atoms with van der Waals surface area (Å²) >= 11 is 5.68. The van der Waals surface area contributed by atoms with Gasteiger partial charge in [0.15, 0.2) is 5.84 Å². The van der Waals surface area contributed by atoms with E-state index in [0.29, 0.717) is 23.1 Å². The van der Waals surface area contributed by atoms with E-state index in [2.05, 4.69) is 15.4 Å². The first-order valence-electron chi connectivity index (χ1n) is 3.91. The van der Waals surface area contributed by atoms with Crippen molar-refractivity contribution in [3.8, 4) is 0 Å². The second kappa shape index (κ2) is 4.79. The second-order valence-corrected chi connectivity index (χ2v) is 2.77. The molecule has 1 rings (SSSR count). The lowest BCUT2D eigenvalue weighted by atomic mass is 10.3. The number of halogens is 1. The number of pyridine rings is 1. The van der Waals surface area contributed by atoms with Gasteiger partial charge < -0.3 is 5.43 Å². The zero-order valence-electron chi connectivity index (χ0n) is 7.29. The van der Waals surface area contributed by atoms with Gasteiger partial charge in [-0.25, -0.2) is 5.84 Å². The SMILES string of the molecule is CCN=C(NN)c1ccc(Cl)cn1. The molecule has 0 aliphatic heterocycles. The van der Waals surface area contributed by atoms with Crippen LogP contribution in [-0.2, 0) is 0 Å². The third-order valence-electron chi connectivity index (χ3n) is 1.42. The van der Waals surface area contributed by atoms with Crippen molar-refractivity contribution < 1.29 is 0 Å². The Morgan fingerprint density at radius 3 is 2.92 bits per heavy atom. The number of nitrogens with one attached hydrogen (secondary N) is 1. The monoisotopic (exact) mass is 198 g/mol. The predicted molar refractivity (Wildman–Crippen MR) is 53.6 cm³/mol. The summed E-state index contributed by atoms with van der Waals surface area (Å²) in [4.78, 5) is 8.18. The van der Waals surface area contributed by atoms with E-state index in [9.17, 15) is 0 Å². The van der Waals surface area contributed by atoms with Crippen molar-refractivity contribution in [3.63, 3.8) is 0 Å². The molecule has 0 aromatic carbocycles. The molecule has 0 fully saturated rings. The van der Waals surface area contributed by atoms with Crippen LogP contribution in [0.15, 0.2) is 23.3 Å². The largest absolute Gasteiger partial charge is 0.307 e. The number of hydrogen-bond acceptors (Lipinski definition) is 3. The molecule has 1 heterocycles. The highest BCUT2D eigenvalue weighted by Crippen LogP contribution is 2.05. The lowest BCUT2D eigenvalue weighted by Gasteiger charge is -2.03. The first-order chi connectivity index (χ1) is 6.27. The number of hydrogen-bond donors (Lipinski definition) is 2. The number of aliphatic imine (C=N–C) groups is 1. The molecule has 1 aromatic rings. The lowest BCUT2D eigenvalue weighted by molar-refractivity contribution is 0.981. The molecule has 70 valence electrons. The lowest BCUT2D eigenvalue weighted by Crippen LogP contribution is -2.31. The van der Waals surface area contributed by atoms with Crippen LogP contribution >= 0.6 is 11.6 Å². The maximum atomic E-state index is 5.68. The highest BCUT2D eigenvalue weighted by molar-refractivity contribution is 6.30. The molecule has 3 N–H and O–H groups in total. The van der Waals surface area contributed by atoms with E-state index in [1.807, 2.05) is 6.92 Å². The molecule has 0 radical (unpaired) electrons. The van der Waals surface area contributed by atoms with E-state index < -0.39 is 0 Å². The molecule has 4 nitrogen and oxygen atoms in total. The number of rotatable bonds is 2. The van der Waals surface area contributed by atoms with Gasteiger partial charge in [-0.15, -0.1) is 0 Å². The quantitative estimate of drug-likeness (QED) is 0.322. The van der Waals surface area contributed by atoms with E-state index in [1.165, 1.54) is 0 Å². The Hall–Kier alpha value is -1.13. The fourth-order valence-electron chi connectivity index (χ4n) is 0.875. The van der Waals surface area contributed by atoms with Crippen molar-refractivity contribution >= 4 is 17.4 Å². The van der Waals surface area contributed by atoms with Gasteiger partial charge in [0.1, 0.15) is 5.69 Å². The molecular formula is C8H11ClN4. The molecule has 0 spiro atoms. The number of aromatic nitrogens is 1. The predicted octanol–water partition coefficient (Wildman–Crippen LogP) is 0.965. The number of hydrazine groups is 1. The molecule has 0 bridgehead atoms. The number of nitrogens with zero attached hydrogens (tertiary/aromatic N) is 2. The van der Waals surface area contributed by atoms with Gasteiger partial charge in [-0.1, -0.05) is 11.6 Å². The molecule has 0 saturated heterocycles. The normalized spacial score (nSPS) is 11.5. The average molecular weight is 199 g/mol. The molecule has 0 saturated carbocycles. The van der Waals surface area contributed by atoms with Gasteiger partial charge in [0.05, 0.1) is 5.02 Å². The smallest absolute Gasteiger partial charge is 0.161 e. The van der Waals surface area contributed by atoms with Crippen molar-refractivity contribution in [2.45, 2.75) is 6.92 Å². The Labute approximate surface area is 81.8 Å². The van der Waals surface area contributed by atoms with Crippen molar-refractivity contribution in [3.05, 3.63) is 29.0 Å². The first kappa shape index (κ1) is 9.95. The molecule has 0 aliphatic carbocycles. The van der Waals surface area contributed by atoms with Gasteiger partial charge in [0, 0.05) is 12.7 Å². The van der Waals surface area contributed by atoms with Gasteiger partial charge in [0.25, 0.3) is 0 Å². The van der Waals surface area contributed by atoms with E-state index in [4.69, 9.17) is 17.4 Å². The third-order valence-corrected chi connectivity index (χ3v) is 1.65.